The van der Waals surface area contributed by atoms with E-state index in [0.717, 1.165) is 19.4 Å². The lowest BCUT2D eigenvalue weighted by Gasteiger charge is -2.16. The van der Waals surface area contributed by atoms with Crippen molar-refractivity contribution in [1.82, 2.24) is 0 Å². The Bertz CT molecular complexity index is 411. The Kier molecular flexibility index (Phi) is 4.30. The number of thioether (sulfide) groups is 1. The second kappa shape index (κ2) is 5.74. The van der Waals surface area contributed by atoms with Gasteiger partial charge in [-0.3, -0.25) is 0 Å². The molecule has 0 bridgehead atoms. The number of benzene rings is 1. The number of rotatable bonds is 4. The third-order valence-electron chi connectivity index (χ3n) is 3.58. The van der Waals surface area contributed by atoms with Gasteiger partial charge in [0.05, 0.1) is 0 Å². The summed E-state index contributed by atoms with van der Waals surface area (Å²) in [5.41, 5.74) is 10.0. The van der Waals surface area contributed by atoms with E-state index in [-0.39, 0.29) is 0 Å². The molecule has 2 atom stereocenters. The van der Waals surface area contributed by atoms with Crippen LogP contribution in [0.4, 0.5) is 0 Å². The molecule has 0 aliphatic carbocycles. The lowest BCUT2D eigenvalue weighted by molar-refractivity contribution is 0.745. The van der Waals surface area contributed by atoms with Crippen LogP contribution in [0.25, 0.3) is 5.57 Å². The molecular formula is C15H21NS. The second-order valence-corrected chi connectivity index (χ2v) is 6.00. The Hall–Kier alpha value is -0.730. The molecule has 2 heteroatoms. The Morgan fingerprint density at radius 3 is 2.65 bits per heavy atom. The van der Waals surface area contributed by atoms with Gasteiger partial charge in [-0.15, -0.1) is 11.8 Å². The highest BCUT2D eigenvalue weighted by molar-refractivity contribution is 8.03. The van der Waals surface area contributed by atoms with Crippen molar-refractivity contribution < 1.29 is 0 Å². The topological polar surface area (TPSA) is 26.0 Å². The number of nitrogens with two attached hydrogens (primary N) is 1. The maximum absolute atomic E-state index is 5.61. The fraction of sp³-hybridized carbons (Fsp3) is 0.467. The van der Waals surface area contributed by atoms with Gasteiger partial charge in [-0.25, -0.2) is 0 Å². The van der Waals surface area contributed by atoms with E-state index in [1.807, 2.05) is 11.8 Å². The zero-order chi connectivity index (χ0) is 12.3. The van der Waals surface area contributed by atoms with Gasteiger partial charge in [0.2, 0.25) is 0 Å². The molecule has 2 rings (SSSR count). The molecule has 0 spiro atoms. The van der Waals surface area contributed by atoms with E-state index < -0.39 is 0 Å². The van der Waals surface area contributed by atoms with Crippen molar-refractivity contribution in [2.75, 3.05) is 6.54 Å². The summed E-state index contributed by atoms with van der Waals surface area (Å²) < 4.78 is 0. The van der Waals surface area contributed by atoms with E-state index in [9.17, 15) is 0 Å². The van der Waals surface area contributed by atoms with Crippen molar-refractivity contribution in [3.63, 3.8) is 0 Å². The fourth-order valence-electron chi connectivity index (χ4n) is 2.28. The van der Waals surface area contributed by atoms with Crippen molar-refractivity contribution in [2.24, 2.45) is 11.7 Å². The summed E-state index contributed by atoms with van der Waals surface area (Å²) in [7, 11) is 0. The third kappa shape index (κ3) is 2.75. The Labute approximate surface area is 108 Å². The summed E-state index contributed by atoms with van der Waals surface area (Å²) >= 11 is 1.95. The summed E-state index contributed by atoms with van der Waals surface area (Å²) in [6, 6.07) is 8.77. The molecule has 17 heavy (non-hydrogen) atoms. The van der Waals surface area contributed by atoms with Gasteiger partial charge in [0, 0.05) is 5.25 Å². The van der Waals surface area contributed by atoms with Gasteiger partial charge in [-0.1, -0.05) is 38.1 Å². The molecule has 0 saturated carbocycles. The Morgan fingerprint density at radius 1 is 1.24 bits per heavy atom. The molecule has 0 radical (unpaired) electrons. The molecule has 0 aromatic heterocycles. The summed E-state index contributed by atoms with van der Waals surface area (Å²) in [6.07, 6.45) is 2.16. The van der Waals surface area contributed by atoms with Gasteiger partial charge in [-0.05, 0) is 47.4 Å². The van der Waals surface area contributed by atoms with Crippen LogP contribution in [-0.4, -0.2) is 11.8 Å². The predicted molar refractivity (Wildman–Crippen MR) is 78.0 cm³/mol. The molecular weight excluding hydrogens is 226 g/mol. The van der Waals surface area contributed by atoms with E-state index in [4.69, 9.17) is 5.73 Å². The lowest BCUT2D eigenvalue weighted by atomic mass is 9.89. The van der Waals surface area contributed by atoms with Crippen molar-refractivity contribution in [1.29, 1.82) is 0 Å². The molecule has 0 fully saturated rings. The molecule has 1 aliphatic rings. The normalized spacial score (nSPS) is 23.8. The molecule has 0 saturated heterocycles. The highest BCUT2D eigenvalue weighted by Crippen LogP contribution is 2.41. The third-order valence-corrected chi connectivity index (χ3v) is 4.81. The first kappa shape index (κ1) is 12.7. The first-order valence-electron chi connectivity index (χ1n) is 6.38. The second-order valence-electron chi connectivity index (χ2n) is 4.75. The summed E-state index contributed by atoms with van der Waals surface area (Å²) in [4.78, 5) is 0. The monoisotopic (exact) mass is 247 g/mol. The zero-order valence-corrected chi connectivity index (χ0v) is 11.5. The van der Waals surface area contributed by atoms with Gasteiger partial charge in [-0.2, -0.15) is 0 Å². The summed E-state index contributed by atoms with van der Waals surface area (Å²) in [6.45, 7) is 5.41. The first-order chi connectivity index (χ1) is 8.24. The van der Waals surface area contributed by atoms with Gasteiger partial charge < -0.3 is 5.73 Å². The highest BCUT2D eigenvalue weighted by Gasteiger charge is 2.24. The summed E-state index contributed by atoms with van der Waals surface area (Å²) in [5, 5.41) is 3.05. The molecule has 1 heterocycles. The summed E-state index contributed by atoms with van der Waals surface area (Å²) in [5.74, 6) is 0.652. The Balaban J connectivity index is 2.26. The zero-order valence-electron chi connectivity index (χ0n) is 10.6. The van der Waals surface area contributed by atoms with Gasteiger partial charge in [0.15, 0.2) is 0 Å². The van der Waals surface area contributed by atoms with Gasteiger partial charge >= 0.3 is 0 Å². The number of allylic oxidation sites excluding steroid dienone is 1. The molecule has 1 aromatic carbocycles. The van der Waals surface area contributed by atoms with Crippen LogP contribution in [0, 0.1) is 5.92 Å². The standard InChI is InChI=1S/C15H21NS/c1-11-12(2)17-10-15(11)14-8-4-3-6-13(14)7-5-9-16/h3-4,6,8,10-12H,5,7,9,16H2,1-2H3. The highest BCUT2D eigenvalue weighted by atomic mass is 32.2. The largest absolute Gasteiger partial charge is 0.330 e. The van der Waals surface area contributed by atoms with Crippen molar-refractivity contribution in [3.05, 3.63) is 40.8 Å². The molecule has 1 aliphatic heterocycles. The minimum Gasteiger partial charge on any atom is -0.330 e. The van der Waals surface area contributed by atoms with E-state index >= 15 is 0 Å². The van der Waals surface area contributed by atoms with E-state index in [1.165, 1.54) is 16.7 Å². The smallest absolute Gasteiger partial charge is 0.0127 e. The van der Waals surface area contributed by atoms with E-state index in [1.54, 1.807) is 0 Å². The fourth-order valence-corrected chi connectivity index (χ4v) is 3.37. The first-order valence-corrected chi connectivity index (χ1v) is 7.32. The van der Waals surface area contributed by atoms with Crippen LogP contribution in [-0.2, 0) is 6.42 Å². The van der Waals surface area contributed by atoms with Crippen LogP contribution in [0.15, 0.2) is 29.7 Å². The number of hydrogen-bond donors (Lipinski definition) is 1. The van der Waals surface area contributed by atoms with Gasteiger partial charge in [0.25, 0.3) is 0 Å². The van der Waals surface area contributed by atoms with Crippen LogP contribution in [0.5, 0.6) is 0 Å². The Morgan fingerprint density at radius 2 is 2.00 bits per heavy atom. The van der Waals surface area contributed by atoms with Crippen molar-refractivity contribution in [3.8, 4) is 0 Å². The van der Waals surface area contributed by atoms with E-state index in [0.29, 0.717) is 11.2 Å². The van der Waals surface area contributed by atoms with Gasteiger partial charge in [0.1, 0.15) is 0 Å². The number of hydrogen-bond acceptors (Lipinski definition) is 2. The minimum absolute atomic E-state index is 0.652. The van der Waals surface area contributed by atoms with Crippen molar-refractivity contribution >= 4 is 17.3 Å². The lowest BCUT2D eigenvalue weighted by Crippen LogP contribution is -2.08. The average molecular weight is 247 g/mol. The van der Waals surface area contributed by atoms with E-state index in [2.05, 4.69) is 43.5 Å². The quantitative estimate of drug-likeness (QED) is 0.878. The molecule has 2 N–H and O–H groups in total. The molecule has 0 amide bonds. The van der Waals surface area contributed by atoms with Crippen molar-refractivity contribution in [2.45, 2.75) is 31.9 Å². The molecule has 1 nitrogen and oxygen atoms in total. The van der Waals surface area contributed by atoms with Crippen LogP contribution in [0.3, 0.4) is 0 Å². The minimum atomic E-state index is 0.652. The predicted octanol–water partition coefficient (Wildman–Crippen LogP) is 3.69. The maximum Gasteiger partial charge on any atom is 0.0127 e. The molecule has 1 aromatic rings. The van der Waals surface area contributed by atoms with Crippen LogP contribution >= 0.6 is 11.8 Å². The molecule has 92 valence electrons. The maximum atomic E-state index is 5.61. The van der Waals surface area contributed by atoms with Crippen LogP contribution in [0.1, 0.15) is 31.4 Å². The SMILES string of the molecule is CC1SC=C(c2ccccc2CCCN)C1C. The van der Waals surface area contributed by atoms with Crippen LogP contribution in [0.2, 0.25) is 0 Å². The molecule has 2 unspecified atom stereocenters. The number of aryl methyl sites for hydroxylation is 1. The van der Waals surface area contributed by atoms with Crippen LogP contribution < -0.4 is 5.73 Å². The average Bonchev–Trinajstić information content (AvgIpc) is 2.68.